The van der Waals surface area contributed by atoms with Gasteiger partial charge in [-0.3, -0.25) is 9.48 Å². The molecular formula is C10H15N3O2. The normalized spacial score (nSPS) is 16.6. The van der Waals surface area contributed by atoms with Crippen LogP contribution in [0.25, 0.3) is 0 Å². The monoisotopic (exact) mass is 209 g/mol. The third kappa shape index (κ3) is 2.02. The van der Waals surface area contributed by atoms with Gasteiger partial charge in [0.2, 0.25) is 5.91 Å². The first-order valence-electron chi connectivity index (χ1n) is 5.03. The number of aliphatic hydroxyl groups excluding tert-OH is 1. The van der Waals surface area contributed by atoms with Gasteiger partial charge < -0.3 is 10.0 Å². The highest BCUT2D eigenvalue weighted by Crippen LogP contribution is 2.09. The molecule has 15 heavy (non-hydrogen) atoms. The standard InChI is InChI=1S/C10H15N3O2/c1-7-3-8(2)13(11-7)6-10(15)12-4-9(14)5-12/h3,9,14H,4-6H2,1-2H3. The Morgan fingerprint density at radius 2 is 2.27 bits per heavy atom. The molecule has 0 unspecified atom stereocenters. The lowest BCUT2D eigenvalue weighted by Gasteiger charge is -2.35. The van der Waals surface area contributed by atoms with Crippen LogP contribution in [0.2, 0.25) is 0 Å². The summed E-state index contributed by atoms with van der Waals surface area (Å²) in [6.07, 6.45) is -0.339. The highest BCUT2D eigenvalue weighted by atomic mass is 16.3. The Morgan fingerprint density at radius 3 is 2.73 bits per heavy atom. The van der Waals surface area contributed by atoms with Crippen LogP contribution in [0.15, 0.2) is 6.07 Å². The second-order valence-electron chi connectivity index (χ2n) is 4.04. The molecule has 1 N–H and O–H groups in total. The van der Waals surface area contributed by atoms with Gasteiger partial charge in [-0.1, -0.05) is 0 Å². The zero-order valence-electron chi connectivity index (χ0n) is 8.97. The summed E-state index contributed by atoms with van der Waals surface area (Å²) in [6.45, 7) is 5.02. The lowest BCUT2D eigenvalue weighted by atomic mass is 10.2. The van der Waals surface area contributed by atoms with Gasteiger partial charge >= 0.3 is 0 Å². The number of hydrogen-bond donors (Lipinski definition) is 1. The summed E-state index contributed by atoms with van der Waals surface area (Å²) in [5.41, 5.74) is 1.91. The van der Waals surface area contributed by atoms with Crippen LogP contribution in [0.4, 0.5) is 0 Å². The Hall–Kier alpha value is -1.36. The third-order valence-corrected chi connectivity index (χ3v) is 2.60. The van der Waals surface area contributed by atoms with E-state index in [0.717, 1.165) is 11.4 Å². The number of carbonyl (C=O) groups excluding carboxylic acids is 1. The molecule has 0 atom stereocenters. The lowest BCUT2D eigenvalue weighted by Crippen LogP contribution is -2.54. The molecule has 0 spiro atoms. The zero-order valence-corrected chi connectivity index (χ0v) is 8.97. The number of likely N-dealkylation sites (tertiary alicyclic amines) is 1. The summed E-state index contributed by atoms with van der Waals surface area (Å²) < 4.78 is 1.70. The molecule has 1 amide bonds. The predicted octanol–water partition coefficient (Wildman–Crippen LogP) is -0.297. The molecular weight excluding hydrogens is 194 g/mol. The van der Waals surface area contributed by atoms with Crippen LogP contribution in [-0.4, -0.2) is 44.9 Å². The third-order valence-electron chi connectivity index (χ3n) is 2.60. The van der Waals surface area contributed by atoms with Crippen LogP contribution in [0.5, 0.6) is 0 Å². The Balaban J connectivity index is 1.97. The van der Waals surface area contributed by atoms with Crippen molar-refractivity contribution in [1.82, 2.24) is 14.7 Å². The second kappa shape index (κ2) is 3.66. The van der Waals surface area contributed by atoms with E-state index >= 15 is 0 Å². The van der Waals surface area contributed by atoms with Gasteiger partial charge in [-0.15, -0.1) is 0 Å². The maximum absolute atomic E-state index is 11.7. The van der Waals surface area contributed by atoms with Gasteiger partial charge in [0, 0.05) is 18.8 Å². The number of hydrogen-bond acceptors (Lipinski definition) is 3. The Labute approximate surface area is 88.3 Å². The van der Waals surface area contributed by atoms with E-state index in [0.29, 0.717) is 13.1 Å². The molecule has 1 aliphatic heterocycles. The molecule has 0 saturated carbocycles. The van der Waals surface area contributed by atoms with Crippen LogP contribution < -0.4 is 0 Å². The smallest absolute Gasteiger partial charge is 0.244 e. The van der Waals surface area contributed by atoms with E-state index in [9.17, 15) is 4.79 Å². The average molecular weight is 209 g/mol. The van der Waals surface area contributed by atoms with Gasteiger partial charge in [-0.2, -0.15) is 5.10 Å². The van der Waals surface area contributed by atoms with Crippen molar-refractivity contribution in [2.75, 3.05) is 13.1 Å². The largest absolute Gasteiger partial charge is 0.389 e. The first kappa shape index (κ1) is 10.2. The van der Waals surface area contributed by atoms with E-state index in [2.05, 4.69) is 5.10 Å². The van der Waals surface area contributed by atoms with Crippen molar-refractivity contribution in [3.8, 4) is 0 Å². The number of aryl methyl sites for hydroxylation is 2. The SMILES string of the molecule is Cc1cc(C)n(CC(=O)N2CC(O)C2)n1. The van der Waals surface area contributed by atoms with Crippen LogP contribution >= 0.6 is 0 Å². The maximum Gasteiger partial charge on any atom is 0.244 e. The maximum atomic E-state index is 11.7. The Bertz CT molecular complexity index is 380. The highest BCUT2D eigenvalue weighted by Gasteiger charge is 2.28. The number of carbonyl (C=O) groups is 1. The minimum absolute atomic E-state index is 0.0199. The van der Waals surface area contributed by atoms with Crippen LogP contribution in [0.3, 0.4) is 0 Å². The molecule has 1 aliphatic rings. The molecule has 2 heterocycles. The molecule has 2 rings (SSSR count). The van der Waals surface area contributed by atoms with Crippen molar-refractivity contribution in [2.45, 2.75) is 26.5 Å². The number of β-amino-alcohol motifs (C(OH)–C–C–N with tert-alkyl or cyclic N) is 1. The van der Waals surface area contributed by atoms with E-state index in [1.165, 1.54) is 0 Å². The van der Waals surface area contributed by atoms with Gasteiger partial charge in [0.05, 0.1) is 11.8 Å². The molecule has 1 aromatic heterocycles. The topological polar surface area (TPSA) is 58.4 Å². The molecule has 0 radical (unpaired) electrons. The van der Waals surface area contributed by atoms with E-state index in [-0.39, 0.29) is 18.6 Å². The molecule has 1 aromatic rings. The van der Waals surface area contributed by atoms with Crippen molar-refractivity contribution in [2.24, 2.45) is 0 Å². The molecule has 0 bridgehead atoms. The number of nitrogens with zero attached hydrogens (tertiary/aromatic N) is 3. The number of aliphatic hydroxyl groups is 1. The van der Waals surface area contributed by atoms with Gasteiger partial charge in [-0.05, 0) is 19.9 Å². The average Bonchev–Trinajstić information content (AvgIpc) is 2.40. The van der Waals surface area contributed by atoms with Gasteiger partial charge in [-0.25, -0.2) is 0 Å². The fourth-order valence-electron chi connectivity index (χ4n) is 1.72. The zero-order chi connectivity index (χ0) is 11.0. The minimum atomic E-state index is -0.339. The van der Waals surface area contributed by atoms with E-state index in [1.54, 1.807) is 9.58 Å². The van der Waals surface area contributed by atoms with Gasteiger partial charge in [0.1, 0.15) is 6.54 Å². The summed E-state index contributed by atoms with van der Waals surface area (Å²) in [4.78, 5) is 13.3. The Kier molecular flexibility index (Phi) is 2.48. The van der Waals surface area contributed by atoms with Crippen molar-refractivity contribution in [3.05, 3.63) is 17.5 Å². The van der Waals surface area contributed by atoms with Crippen LogP contribution in [0, 0.1) is 13.8 Å². The predicted molar refractivity (Wildman–Crippen MR) is 54.3 cm³/mol. The number of rotatable bonds is 2. The molecule has 0 aliphatic carbocycles. The van der Waals surface area contributed by atoms with Crippen molar-refractivity contribution in [3.63, 3.8) is 0 Å². The summed E-state index contributed by atoms with van der Waals surface area (Å²) in [7, 11) is 0. The number of amides is 1. The number of aromatic nitrogens is 2. The van der Waals surface area contributed by atoms with Crippen molar-refractivity contribution >= 4 is 5.91 Å². The summed E-state index contributed by atoms with van der Waals surface area (Å²) in [6, 6.07) is 1.94. The summed E-state index contributed by atoms with van der Waals surface area (Å²) in [5, 5.41) is 13.3. The van der Waals surface area contributed by atoms with Crippen molar-refractivity contribution < 1.29 is 9.90 Å². The van der Waals surface area contributed by atoms with Crippen LogP contribution in [0.1, 0.15) is 11.4 Å². The molecule has 5 heteroatoms. The fourth-order valence-corrected chi connectivity index (χ4v) is 1.72. The van der Waals surface area contributed by atoms with Crippen LogP contribution in [-0.2, 0) is 11.3 Å². The lowest BCUT2D eigenvalue weighted by molar-refractivity contribution is -0.142. The first-order valence-corrected chi connectivity index (χ1v) is 5.03. The molecule has 0 aromatic carbocycles. The highest BCUT2D eigenvalue weighted by molar-refractivity contribution is 5.76. The fraction of sp³-hybridized carbons (Fsp3) is 0.600. The summed E-state index contributed by atoms with van der Waals surface area (Å²) in [5.74, 6) is 0.0199. The van der Waals surface area contributed by atoms with Gasteiger partial charge in [0.25, 0.3) is 0 Å². The van der Waals surface area contributed by atoms with Crippen molar-refractivity contribution in [1.29, 1.82) is 0 Å². The molecule has 1 saturated heterocycles. The second-order valence-corrected chi connectivity index (χ2v) is 4.04. The van der Waals surface area contributed by atoms with E-state index in [4.69, 9.17) is 5.11 Å². The minimum Gasteiger partial charge on any atom is -0.389 e. The molecule has 5 nitrogen and oxygen atoms in total. The molecule has 1 fully saturated rings. The quantitative estimate of drug-likeness (QED) is 0.727. The van der Waals surface area contributed by atoms with Gasteiger partial charge in [0.15, 0.2) is 0 Å². The molecule has 82 valence electrons. The summed E-state index contributed by atoms with van der Waals surface area (Å²) >= 11 is 0. The van der Waals surface area contributed by atoms with E-state index < -0.39 is 0 Å². The Morgan fingerprint density at radius 1 is 1.60 bits per heavy atom. The van der Waals surface area contributed by atoms with E-state index in [1.807, 2.05) is 19.9 Å². The first-order chi connectivity index (χ1) is 7.06.